The van der Waals surface area contributed by atoms with E-state index in [1.54, 1.807) is 0 Å². The molecule has 0 saturated heterocycles. The highest BCUT2D eigenvalue weighted by molar-refractivity contribution is 7.72. The molecular weight excluding hydrogens is 322 g/mol. The minimum absolute atomic E-state index is 0.379. The van der Waals surface area contributed by atoms with Crippen molar-refractivity contribution < 1.29 is 4.42 Å². The first kappa shape index (κ1) is 16.1. The molecule has 0 aliphatic carbocycles. The summed E-state index contributed by atoms with van der Waals surface area (Å²) in [4.78, 5) is 0.379. The summed E-state index contributed by atoms with van der Waals surface area (Å²) >= 11 is 11.1. The Morgan fingerprint density at radius 2 is 1.78 bits per heavy atom. The Morgan fingerprint density at radius 1 is 1.09 bits per heavy atom. The van der Waals surface area contributed by atoms with Crippen LogP contribution in [0.15, 0.2) is 46.9 Å². The van der Waals surface area contributed by atoms with Gasteiger partial charge in [0.25, 0.3) is 4.84 Å². The van der Waals surface area contributed by atoms with Crippen molar-refractivity contribution in [1.82, 2.24) is 4.57 Å². The van der Waals surface area contributed by atoms with Crippen LogP contribution in [0.5, 0.6) is 0 Å². The monoisotopic (exact) mass is 341 g/mol. The first-order valence-electron chi connectivity index (χ1n) is 7.78. The molecule has 1 aromatic heterocycles. The van der Waals surface area contributed by atoms with E-state index in [1.807, 2.05) is 29.7 Å². The number of aryl methyl sites for hydroxylation is 1. The van der Waals surface area contributed by atoms with Crippen LogP contribution in [0.4, 0.5) is 0 Å². The van der Waals surface area contributed by atoms with Crippen LogP contribution in [0.1, 0.15) is 37.3 Å². The largest absolute Gasteiger partial charge is 0.431 e. The van der Waals surface area contributed by atoms with Gasteiger partial charge in [-0.05, 0) is 66.9 Å². The summed E-state index contributed by atoms with van der Waals surface area (Å²) in [6.07, 6.45) is 1.12. The molecule has 118 valence electrons. The van der Waals surface area contributed by atoms with E-state index < -0.39 is 0 Å². The minimum atomic E-state index is 0.379. The molecule has 2 nitrogen and oxygen atoms in total. The van der Waals surface area contributed by atoms with E-state index in [9.17, 15) is 0 Å². The molecule has 0 aliphatic rings. The first-order valence-corrected chi connectivity index (χ1v) is 8.59. The first-order chi connectivity index (χ1) is 11.0. The molecule has 4 heteroatoms. The van der Waals surface area contributed by atoms with Crippen LogP contribution >= 0.6 is 24.4 Å². The quantitative estimate of drug-likeness (QED) is 0.506. The third-order valence-corrected chi connectivity index (χ3v) is 4.95. The number of aromatic nitrogens is 1. The highest BCUT2D eigenvalue weighted by Gasteiger charge is 2.08. The van der Waals surface area contributed by atoms with Gasteiger partial charge in [0.15, 0.2) is 0 Å². The van der Waals surface area contributed by atoms with E-state index >= 15 is 0 Å². The summed E-state index contributed by atoms with van der Waals surface area (Å²) < 4.78 is 8.33. The van der Waals surface area contributed by atoms with Crippen LogP contribution in [0.25, 0.3) is 16.7 Å². The number of hydrogen-bond acceptors (Lipinski definition) is 3. The molecule has 0 aliphatic heterocycles. The SMILES string of the molecule is CCC(C)c1ccc(-n2c(=S)oc3cc(C)ccc3c2=S)cc1. The van der Waals surface area contributed by atoms with Gasteiger partial charge in [-0.25, -0.2) is 0 Å². The van der Waals surface area contributed by atoms with Gasteiger partial charge in [0.1, 0.15) is 10.2 Å². The molecule has 0 N–H and O–H groups in total. The van der Waals surface area contributed by atoms with Crippen LogP contribution in [-0.4, -0.2) is 4.57 Å². The van der Waals surface area contributed by atoms with Crippen LogP contribution in [0, 0.1) is 16.4 Å². The summed E-state index contributed by atoms with van der Waals surface area (Å²) in [5.41, 5.74) is 4.13. The second-order valence-corrected chi connectivity index (χ2v) is 6.64. The van der Waals surface area contributed by atoms with Crippen molar-refractivity contribution in [2.24, 2.45) is 0 Å². The summed E-state index contributed by atoms with van der Waals surface area (Å²) in [6, 6.07) is 14.4. The van der Waals surface area contributed by atoms with Gasteiger partial charge in [0, 0.05) is 0 Å². The van der Waals surface area contributed by atoms with Crippen LogP contribution in [0.3, 0.4) is 0 Å². The molecule has 3 aromatic rings. The Kier molecular flexibility index (Phi) is 4.46. The van der Waals surface area contributed by atoms with Gasteiger partial charge in [0.05, 0.1) is 11.1 Å². The van der Waals surface area contributed by atoms with Gasteiger partial charge in [-0.2, -0.15) is 0 Å². The molecule has 23 heavy (non-hydrogen) atoms. The Labute approximate surface area is 146 Å². The molecule has 3 rings (SSSR count). The number of nitrogens with zero attached hydrogens (tertiary/aromatic N) is 1. The van der Waals surface area contributed by atoms with Gasteiger partial charge in [0.2, 0.25) is 0 Å². The predicted molar refractivity (Wildman–Crippen MR) is 101 cm³/mol. The van der Waals surface area contributed by atoms with E-state index in [1.165, 1.54) is 5.56 Å². The normalized spacial score (nSPS) is 12.5. The molecule has 0 amide bonds. The third kappa shape index (κ3) is 3.01. The van der Waals surface area contributed by atoms with Gasteiger partial charge >= 0.3 is 0 Å². The lowest BCUT2D eigenvalue weighted by Crippen LogP contribution is -2.00. The molecule has 1 heterocycles. The highest BCUT2D eigenvalue weighted by Crippen LogP contribution is 2.24. The molecule has 1 unspecified atom stereocenters. The van der Waals surface area contributed by atoms with Gasteiger partial charge < -0.3 is 4.42 Å². The van der Waals surface area contributed by atoms with Gasteiger partial charge in [-0.1, -0.05) is 44.3 Å². The zero-order valence-corrected chi connectivity index (χ0v) is 15.1. The molecule has 0 saturated carbocycles. The number of fused-ring (bicyclic) bond motifs is 1. The maximum atomic E-state index is 5.82. The third-order valence-electron chi connectivity index (χ3n) is 4.28. The molecule has 0 bridgehead atoms. The van der Waals surface area contributed by atoms with E-state index in [4.69, 9.17) is 28.9 Å². The standard InChI is InChI=1S/C19H19NOS2/c1-4-13(3)14-6-8-15(9-7-14)20-18(22)16-10-5-12(2)11-17(16)21-19(20)23/h5-11,13H,4H2,1-3H3. The van der Waals surface area contributed by atoms with E-state index in [-0.39, 0.29) is 0 Å². The predicted octanol–water partition coefficient (Wildman–Crippen LogP) is 6.50. The van der Waals surface area contributed by atoms with Gasteiger partial charge in [-0.15, -0.1) is 0 Å². The molecular formula is C19H19NOS2. The Bertz CT molecular complexity index is 967. The Balaban J connectivity index is 2.18. The van der Waals surface area contributed by atoms with Crippen LogP contribution < -0.4 is 0 Å². The Hall–Kier alpha value is -1.78. The molecule has 0 fully saturated rings. The molecule has 0 spiro atoms. The van der Waals surface area contributed by atoms with Gasteiger partial charge in [-0.3, -0.25) is 4.57 Å². The lowest BCUT2D eigenvalue weighted by atomic mass is 9.99. The number of hydrogen-bond donors (Lipinski definition) is 0. The fourth-order valence-corrected chi connectivity index (χ4v) is 3.35. The minimum Gasteiger partial charge on any atom is -0.431 e. The van der Waals surface area contributed by atoms with E-state index in [0.717, 1.165) is 28.6 Å². The van der Waals surface area contributed by atoms with Crippen LogP contribution in [-0.2, 0) is 0 Å². The molecule has 0 radical (unpaired) electrons. The fraction of sp³-hybridized carbons (Fsp3) is 0.263. The summed E-state index contributed by atoms with van der Waals surface area (Å²) in [6.45, 7) is 6.45. The maximum absolute atomic E-state index is 5.82. The lowest BCUT2D eigenvalue weighted by Gasteiger charge is -2.12. The van der Waals surface area contributed by atoms with Crippen LogP contribution in [0.2, 0.25) is 0 Å². The smallest absolute Gasteiger partial charge is 0.274 e. The zero-order chi connectivity index (χ0) is 16.6. The topological polar surface area (TPSA) is 18.1 Å². The summed E-state index contributed by atoms with van der Waals surface area (Å²) in [5.74, 6) is 0.546. The molecule has 2 aromatic carbocycles. The van der Waals surface area contributed by atoms with Crippen molar-refractivity contribution in [3.63, 3.8) is 0 Å². The lowest BCUT2D eigenvalue weighted by molar-refractivity contribution is 0.537. The van der Waals surface area contributed by atoms with Crippen molar-refractivity contribution in [1.29, 1.82) is 0 Å². The van der Waals surface area contributed by atoms with Crippen molar-refractivity contribution in [3.8, 4) is 5.69 Å². The van der Waals surface area contributed by atoms with Crippen molar-refractivity contribution >= 4 is 35.4 Å². The van der Waals surface area contributed by atoms with Crippen molar-refractivity contribution in [3.05, 3.63) is 63.1 Å². The summed E-state index contributed by atoms with van der Waals surface area (Å²) in [7, 11) is 0. The average molecular weight is 342 g/mol. The highest BCUT2D eigenvalue weighted by atomic mass is 32.1. The van der Waals surface area contributed by atoms with Crippen molar-refractivity contribution in [2.75, 3.05) is 0 Å². The van der Waals surface area contributed by atoms with E-state index in [2.05, 4.69) is 38.1 Å². The number of benzene rings is 2. The second-order valence-electron chi connectivity index (χ2n) is 5.91. The van der Waals surface area contributed by atoms with Crippen molar-refractivity contribution in [2.45, 2.75) is 33.1 Å². The average Bonchev–Trinajstić information content (AvgIpc) is 2.54. The fourth-order valence-electron chi connectivity index (χ4n) is 2.64. The van der Waals surface area contributed by atoms with E-state index in [0.29, 0.717) is 15.4 Å². The Morgan fingerprint density at radius 3 is 2.43 bits per heavy atom. The number of rotatable bonds is 3. The molecule has 1 atom stereocenters. The second kappa shape index (κ2) is 6.38. The summed E-state index contributed by atoms with van der Waals surface area (Å²) in [5, 5.41) is 0.908. The zero-order valence-electron chi connectivity index (χ0n) is 13.5. The maximum Gasteiger partial charge on any atom is 0.274 e.